The van der Waals surface area contributed by atoms with Gasteiger partial charge >= 0.3 is 0 Å². The fourth-order valence-corrected chi connectivity index (χ4v) is 2.07. The summed E-state index contributed by atoms with van der Waals surface area (Å²) in [5, 5.41) is 3.53. The molecule has 0 aliphatic carbocycles. The minimum absolute atomic E-state index is 0.326. The van der Waals surface area contributed by atoms with Gasteiger partial charge in [0.1, 0.15) is 5.82 Å². The third kappa shape index (κ3) is 4.02. The first-order valence-corrected chi connectivity index (χ1v) is 7.00. The molecule has 2 aromatic rings. The average Bonchev–Trinajstić information content (AvgIpc) is 2.47. The van der Waals surface area contributed by atoms with Crippen molar-refractivity contribution in [3.05, 3.63) is 52.8 Å². The van der Waals surface area contributed by atoms with Gasteiger partial charge in [-0.1, -0.05) is 17.7 Å². The van der Waals surface area contributed by atoms with Crippen molar-refractivity contribution in [2.45, 2.75) is 13.5 Å². The van der Waals surface area contributed by atoms with Crippen molar-refractivity contribution in [2.24, 2.45) is 0 Å². The van der Waals surface area contributed by atoms with Crippen LogP contribution < -0.4 is 14.8 Å². The zero-order chi connectivity index (χ0) is 15.2. The van der Waals surface area contributed by atoms with E-state index in [1.807, 2.05) is 25.1 Å². The molecule has 5 heteroatoms. The molecule has 2 aromatic carbocycles. The van der Waals surface area contributed by atoms with Gasteiger partial charge in [0, 0.05) is 28.9 Å². The standard InChI is InChI=1S/C16H17ClFNO2/c1-3-21-15-7-6-13(9-16(15)20-2)19-10-11-4-5-12(17)8-14(11)18/h4-9,19H,3,10H2,1-2H3. The van der Waals surface area contributed by atoms with Crippen molar-refractivity contribution in [2.75, 3.05) is 19.0 Å². The van der Waals surface area contributed by atoms with Crippen LogP contribution in [-0.4, -0.2) is 13.7 Å². The summed E-state index contributed by atoms with van der Waals surface area (Å²) in [6.45, 7) is 2.84. The van der Waals surface area contributed by atoms with Crippen molar-refractivity contribution < 1.29 is 13.9 Å². The minimum Gasteiger partial charge on any atom is -0.493 e. The molecule has 0 aliphatic heterocycles. The lowest BCUT2D eigenvalue weighted by molar-refractivity contribution is 0.311. The molecule has 3 nitrogen and oxygen atoms in total. The van der Waals surface area contributed by atoms with Crippen molar-refractivity contribution >= 4 is 17.3 Å². The van der Waals surface area contributed by atoms with Crippen molar-refractivity contribution in [1.29, 1.82) is 0 Å². The van der Waals surface area contributed by atoms with E-state index in [2.05, 4.69) is 5.32 Å². The number of hydrogen-bond donors (Lipinski definition) is 1. The number of methoxy groups -OCH3 is 1. The summed E-state index contributed by atoms with van der Waals surface area (Å²) in [7, 11) is 1.58. The number of benzene rings is 2. The van der Waals surface area contributed by atoms with E-state index in [-0.39, 0.29) is 5.82 Å². The Morgan fingerprint density at radius 1 is 1.14 bits per heavy atom. The van der Waals surface area contributed by atoms with Gasteiger partial charge in [-0.05, 0) is 31.2 Å². The van der Waals surface area contributed by atoms with Gasteiger partial charge in [0.15, 0.2) is 11.5 Å². The lowest BCUT2D eigenvalue weighted by atomic mass is 10.2. The highest BCUT2D eigenvalue weighted by Crippen LogP contribution is 2.30. The Hall–Kier alpha value is -1.94. The van der Waals surface area contributed by atoms with Crippen LogP contribution in [0.25, 0.3) is 0 Å². The maximum absolute atomic E-state index is 13.7. The third-order valence-electron chi connectivity index (χ3n) is 2.96. The number of hydrogen-bond acceptors (Lipinski definition) is 3. The normalized spacial score (nSPS) is 10.3. The first-order chi connectivity index (χ1) is 10.1. The first-order valence-electron chi connectivity index (χ1n) is 6.62. The largest absolute Gasteiger partial charge is 0.493 e. The highest BCUT2D eigenvalue weighted by molar-refractivity contribution is 6.30. The molecule has 0 bridgehead atoms. The Labute approximate surface area is 128 Å². The topological polar surface area (TPSA) is 30.5 Å². The molecule has 0 aromatic heterocycles. The summed E-state index contributed by atoms with van der Waals surface area (Å²) in [5.74, 6) is 0.995. The molecule has 0 fully saturated rings. The Kier molecular flexibility index (Phi) is 5.28. The monoisotopic (exact) mass is 309 g/mol. The zero-order valence-electron chi connectivity index (χ0n) is 12.0. The molecule has 0 saturated carbocycles. The van der Waals surface area contributed by atoms with Crippen LogP contribution in [0.5, 0.6) is 11.5 Å². The van der Waals surface area contributed by atoms with E-state index in [0.717, 1.165) is 5.69 Å². The number of halogens is 2. The summed E-state index contributed by atoms with van der Waals surface area (Å²) >= 11 is 5.73. The Morgan fingerprint density at radius 2 is 1.95 bits per heavy atom. The highest BCUT2D eigenvalue weighted by atomic mass is 35.5. The molecule has 0 heterocycles. The molecule has 0 aliphatic rings. The van der Waals surface area contributed by atoms with Crippen LogP contribution in [0.2, 0.25) is 5.02 Å². The predicted molar refractivity (Wildman–Crippen MR) is 82.9 cm³/mol. The van der Waals surface area contributed by atoms with E-state index in [9.17, 15) is 4.39 Å². The molecule has 0 amide bonds. The van der Waals surface area contributed by atoms with E-state index < -0.39 is 0 Å². The van der Waals surface area contributed by atoms with Gasteiger partial charge in [-0.15, -0.1) is 0 Å². The molecular weight excluding hydrogens is 293 g/mol. The van der Waals surface area contributed by atoms with E-state index in [1.165, 1.54) is 6.07 Å². The summed E-state index contributed by atoms with van der Waals surface area (Å²) in [4.78, 5) is 0. The molecule has 0 atom stereocenters. The maximum Gasteiger partial charge on any atom is 0.162 e. The Morgan fingerprint density at radius 3 is 2.62 bits per heavy atom. The second-order valence-corrected chi connectivity index (χ2v) is 4.82. The molecular formula is C16H17ClFNO2. The van der Waals surface area contributed by atoms with Gasteiger partial charge in [-0.3, -0.25) is 0 Å². The summed E-state index contributed by atoms with van der Waals surface area (Å²) in [6, 6.07) is 10.1. The summed E-state index contributed by atoms with van der Waals surface area (Å²) in [6.07, 6.45) is 0. The van der Waals surface area contributed by atoms with E-state index in [4.69, 9.17) is 21.1 Å². The van der Waals surface area contributed by atoms with Crippen LogP contribution in [0, 0.1) is 5.82 Å². The zero-order valence-corrected chi connectivity index (χ0v) is 12.7. The van der Waals surface area contributed by atoms with E-state index in [0.29, 0.717) is 35.2 Å². The number of ether oxygens (including phenoxy) is 2. The molecule has 21 heavy (non-hydrogen) atoms. The van der Waals surface area contributed by atoms with Crippen molar-refractivity contribution in [3.8, 4) is 11.5 Å². The second kappa shape index (κ2) is 7.18. The van der Waals surface area contributed by atoms with Gasteiger partial charge in [0.05, 0.1) is 13.7 Å². The molecule has 1 N–H and O–H groups in total. The predicted octanol–water partition coefficient (Wildman–Crippen LogP) is 4.50. The van der Waals surface area contributed by atoms with Gasteiger partial charge in [0.2, 0.25) is 0 Å². The summed E-state index contributed by atoms with van der Waals surface area (Å²) in [5.41, 5.74) is 1.37. The van der Waals surface area contributed by atoms with Crippen LogP contribution in [0.1, 0.15) is 12.5 Å². The highest BCUT2D eigenvalue weighted by Gasteiger charge is 2.07. The van der Waals surface area contributed by atoms with Crippen LogP contribution >= 0.6 is 11.6 Å². The second-order valence-electron chi connectivity index (χ2n) is 4.39. The number of nitrogens with one attached hydrogen (secondary N) is 1. The molecule has 112 valence electrons. The Balaban J connectivity index is 2.09. The maximum atomic E-state index is 13.7. The lowest BCUT2D eigenvalue weighted by Crippen LogP contribution is -2.02. The van der Waals surface area contributed by atoms with Crippen LogP contribution in [-0.2, 0) is 6.54 Å². The molecule has 0 saturated heterocycles. The van der Waals surface area contributed by atoms with Crippen molar-refractivity contribution in [1.82, 2.24) is 0 Å². The first kappa shape index (κ1) is 15.4. The Bertz CT molecular complexity index is 619. The molecule has 0 spiro atoms. The fourth-order valence-electron chi connectivity index (χ4n) is 1.91. The molecule has 0 radical (unpaired) electrons. The minimum atomic E-state index is -0.326. The SMILES string of the molecule is CCOc1ccc(NCc2ccc(Cl)cc2F)cc1OC. The molecule has 0 unspecified atom stereocenters. The van der Waals surface area contributed by atoms with Crippen LogP contribution in [0.15, 0.2) is 36.4 Å². The smallest absolute Gasteiger partial charge is 0.162 e. The van der Waals surface area contributed by atoms with Gasteiger partial charge < -0.3 is 14.8 Å². The quantitative estimate of drug-likeness (QED) is 0.852. The molecule has 2 rings (SSSR count). The summed E-state index contributed by atoms with van der Waals surface area (Å²) < 4.78 is 24.4. The van der Waals surface area contributed by atoms with Gasteiger partial charge in [-0.25, -0.2) is 4.39 Å². The van der Waals surface area contributed by atoms with E-state index >= 15 is 0 Å². The van der Waals surface area contributed by atoms with Crippen molar-refractivity contribution in [3.63, 3.8) is 0 Å². The van der Waals surface area contributed by atoms with Gasteiger partial charge in [-0.2, -0.15) is 0 Å². The number of anilines is 1. The van der Waals surface area contributed by atoms with E-state index in [1.54, 1.807) is 19.2 Å². The van der Waals surface area contributed by atoms with Crippen LogP contribution in [0.4, 0.5) is 10.1 Å². The third-order valence-corrected chi connectivity index (χ3v) is 3.20. The number of rotatable bonds is 6. The lowest BCUT2D eigenvalue weighted by Gasteiger charge is -2.12. The fraction of sp³-hybridized carbons (Fsp3) is 0.250. The van der Waals surface area contributed by atoms with Crippen LogP contribution in [0.3, 0.4) is 0 Å². The van der Waals surface area contributed by atoms with Gasteiger partial charge in [0.25, 0.3) is 0 Å². The average molecular weight is 310 g/mol.